The molecule has 4 aromatic carbocycles. The first-order valence-corrected chi connectivity index (χ1v) is 16.1. The highest BCUT2D eigenvalue weighted by Crippen LogP contribution is 2.33. The Morgan fingerprint density at radius 3 is 2.07 bits per heavy atom. The fourth-order valence-corrected chi connectivity index (χ4v) is 6.38. The summed E-state index contributed by atoms with van der Waals surface area (Å²) >= 11 is 0. The number of benzene rings is 4. The molecule has 1 unspecified atom stereocenters. The Balaban J connectivity index is 1.81. The van der Waals surface area contributed by atoms with Crippen LogP contribution >= 0.6 is 0 Å². The lowest BCUT2D eigenvalue weighted by Gasteiger charge is -2.34. The number of likely N-dealkylation sites (N-methyl/N-ethyl adjacent to an activating group) is 1. The van der Waals surface area contributed by atoms with E-state index in [1.807, 2.05) is 68.4 Å². The molecule has 45 heavy (non-hydrogen) atoms. The monoisotopic (exact) mass is 629 g/mol. The predicted octanol–water partition coefficient (Wildman–Crippen LogP) is 4.98. The van der Waals surface area contributed by atoms with Gasteiger partial charge in [0.1, 0.15) is 24.1 Å². The molecule has 1 N–H and O–H groups in total. The summed E-state index contributed by atoms with van der Waals surface area (Å²) in [5.41, 5.74) is 2.91. The number of para-hydroxylation sites is 2. The van der Waals surface area contributed by atoms with Gasteiger partial charge in [-0.25, -0.2) is 8.42 Å². The molecule has 236 valence electrons. The fraction of sp³-hybridized carbons (Fsp3) is 0.257. The zero-order valence-corrected chi connectivity index (χ0v) is 26.8. The highest BCUT2D eigenvalue weighted by molar-refractivity contribution is 7.92. The van der Waals surface area contributed by atoms with Gasteiger partial charge in [0, 0.05) is 19.5 Å². The summed E-state index contributed by atoms with van der Waals surface area (Å²) in [6, 6.07) is 28.8. The number of ether oxygens (including phenoxy) is 2. The number of nitrogens with zero attached hydrogens (tertiary/aromatic N) is 2. The highest BCUT2D eigenvalue weighted by atomic mass is 32.2. The van der Waals surface area contributed by atoms with E-state index in [2.05, 4.69) is 5.32 Å². The van der Waals surface area contributed by atoms with Crippen LogP contribution in [0.2, 0.25) is 0 Å². The molecule has 4 aromatic rings. The number of sulfonamides is 1. The van der Waals surface area contributed by atoms with E-state index < -0.39 is 28.5 Å². The minimum Gasteiger partial charge on any atom is -0.497 e. The Labute approximate surface area is 265 Å². The van der Waals surface area contributed by atoms with Gasteiger partial charge in [-0.3, -0.25) is 13.9 Å². The smallest absolute Gasteiger partial charge is 0.264 e. The molecular weight excluding hydrogens is 590 g/mol. The van der Waals surface area contributed by atoms with Crippen molar-refractivity contribution in [3.8, 4) is 11.5 Å². The molecule has 0 radical (unpaired) electrons. The van der Waals surface area contributed by atoms with Crippen molar-refractivity contribution in [2.24, 2.45) is 0 Å². The highest BCUT2D eigenvalue weighted by Gasteiger charge is 2.35. The van der Waals surface area contributed by atoms with E-state index in [9.17, 15) is 18.0 Å². The number of hydrogen-bond donors (Lipinski definition) is 1. The molecule has 1 atom stereocenters. The van der Waals surface area contributed by atoms with Crippen molar-refractivity contribution < 1.29 is 27.5 Å². The third-order valence-corrected chi connectivity index (χ3v) is 9.15. The minimum atomic E-state index is -4.28. The topological polar surface area (TPSA) is 105 Å². The largest absolute Gasteiger partial charge is 0.497 e. The number of nitrogens with one attached hydrogen (secondary N) is 1. The van der Waals surface area contributed by atoms with E-state index in [0.29, 0.717) is 12.3 Å². The van der Waals surface area contributed by atoms with Gasteiger partial charge < -0.3 is 19.7 Å². The molecule has 0 fully saturated rings. The molecule has 0 aromatic heterocycles. The second-order valence-electron chi connectivity index (χ2n) is 10.5. The van der Waals surface area contributed by atoms with Crippen LogP contribution in [0, 0.1) is 6.92 Å². The molecule has 0 saturated heterocycles. The lowest BCUT2D eigenvalue weighted by molar-refractivity contribution is -0.140. The molecular formula is C35H39N3O6S. The summed E-state index contributed by atoms with van der Waals surface area (Å²) in [4.78, 5) is 29.5. The summed E-state index contributed by atoms with van der Waals surface area (Å²) in [5.74, 6) is -0.115. The van der Waals surface area contributed by atoms with Crippen LogP contribution in [0.15, 0.2) is 108 Å². The summed E-state index contributed by atoms with van der Waals surface area (Å²) in [5, 5.41) is 2.87. The maximum Gasteiger partial charge on any atom is 0.264 e. The number of hydrogen-bond acceptors (Lipinski definition) is 6. The van der Waals surface area contributed by atoms with Crippen molar-refractivity contribution in [3.05, 3.63) is 120 Å². The first-order valence-electron chi connectivity index (χ1n) is 14.6. The summed E-state index contributed by atoms with van der Waals surface area (Å²) in [6.07, 6.45) is 0.240. The van der Waals surface area contributed by atoms with Gasteiger partial charge >= 0.3 is 0 Å². The van der Waals surface area contributed by atoms with Crippen LogP contribution < -0.4 is 19.1 Å². The Morgan fingerprint density at radius 2 is 1.44 bits per heavy atom. The van der Waals surface area contributed by atoms with Crippen molar-refractivity contribution in [2.45, 2.75) is 37.8 Å². The van der Waals surface area contributed by atoms with Crippen molar-refractivity contribution in [2.75, 3.05) is 31.6 Å². The summed E-state index contributed by atoms with van der Waals surface area (Å²) in [6.45, 7) is 3.67. The molecule has 0 spiro atoms. The quantitative estimate of drug-likeness (QED) is 0.211. The SMILES string of the molecule is CCNC(=O)C(Cc1ccccc1)N(Cc1ccc(C)cc1)C(=O)CN(c1ccccc1OC)S(=O)(=O)c1ccc(OC)cc1. The predicted molar refractivity (Wildman–Crippen MR) is 175 cm³/mol. The minimum absolute atomic E-state index is 0.0309. The van der Waals surface area contributed by atoms with Gasteiger partial charge in [-0.05, 0) is 61.4 Å². The second kappa shape index (κ2) is 15.3. The van der Waals surface area contributed by atoms with E-state index in [1.54, 1.807) is 36.4 Å². The molecule has 0 aliphatic rings. The summed E-state index contributed by atoms with van der Waals surface area (Å²) in [7, 11) is -1.35. The van der Waals surface area contributed by atoms with Gasteiger partial charge in [-0.2, -0.15) is 0 Å². The second-order valence-corrected chi connectivity index (χ2v) is 12.3. The Hall–Kier alpha value is -4.83. The van der Waals surface area contributed by atoms with Gasteiger partial charge in [0.15, 0.2) is 0 Å². The lowest BCUT2D eigenvalue weighted by atomic mass is 10.0. The zero-order chi connectivity index (χ0) is 32.4. The number of rotatable bonds is 14. The molecule has 2 amide bonds. The number of carbonyl (C=O) groups excluding carboxylic acids is 2. The molecule has 0 bridgehead atoms. The number of anilines is 1. The molecule has 0 aliphatic heterocycles. The van der Waals surface area contributed by atoms with Gasteiger partial charge in [-0.1, -0.05) is 72.3 Å². The fourth-order valence-electron chi connectivity index (χ4n) is 4.96. The standard InChI is InChI=1S/C35H39N3O6S/c1-5-36-35(40)32(23-27-11-7-6-8-12-27)37(24-28-17-15-26(2)16-18-28)34(39)25-38(31-13-9-10-14-33(31)44-4)45(41,42)30-21-19-29(43-3)20-22-30/h6-22,32H,5,23-25H2,1-4H3,(H,36,40). The summed E-state index contributed by atoms with van der Waals surface area (Å²) < 4.78 is 40.2. The Morgan fingerprint density at radius 1 is 0.800 bits per heavy atom. The number of methoxy groups -OCH3 is 2. The molecule has 0 aliphatic carbocycles. The third kappa shape index (κ3) is 8.21. The molecule has 10 heteroatoms. The number of aryl methyl sites for hydroxylation is 1. The molecule has 0 saturated carbocycles. The van der Waals surface area contributed by atoms with Crippen LogP contribution in [-0.4, -0.2) is 58.5 Å². The third-order valence-electron chi connectivity index (χ3n) is 7.38. The van der Waals surface area contributed by atoms with Crippen LogP contribution in [0.5, 0.6) is 11.5 Å². The lowest BCUT2D eigenvalue weighted by Crippen LogP contribution is -2.53. The number of carbonyl (C=O) groups is 2. The Bertz CT molecular complexity index is 1680. The van der Waals surface area contributed by atoms with Gasteiger partial charge in [0.05, 0.1) is 24.8 Å². The van der Waals surface area contributed by atoms with Crippen molar-refractivity contribution in [1.82, 2.24) is 10.2 Å². The van der Waals surface area contributed by atoms with Crippen LogP contribution in [0.25, 0.3) is 0 Å². The van der Waals surface area contributed by atoms with E-state index in [0.717, 1.165) is 21.0 Å². The van der Waals surface area contributed by atoms with Crippen molar-refractivity contribution in [3.63, 3.8) is 0 Å². The van der Waals surface area contributed by atoms with Crippen molar-refractivity contribution >= 4 is 27.5 Å². The average Bonchev–Trinajstić information content (AvgIpc) is 3.06. The first-order chi connectivity index (χ1) is 21.7. The zero-order valence-electron chi connectivity index (χ0n) is 26.0. The van der Waals surface area contributed by atoms with Gasteiger partial charge in [0.2, 0.25) is 11.8 Å². The molecule has 4 rings (SSSR count). The van der Waals surface area contributed by atoms with Crippen molar-refractivity contribution in [1.29, 1.82) is 0 Å². The van der Waals surface area contributed by atoms with E-state index in [4.69, 9.17) is 9.47 Å². The molecule has 9 nitrogen and oxygen atoms in total. The van der Waals surface area contributed by atoms with Crippen LogP contribution in [0.1, 0.15) is 23.6 Å². The average molecular weight is 630 g/mol. The number of amides is 2. The van der Waals surface area contributed by atoms with Crippen LogP contribution in [-0.2, 0) is 32.6 Å². The van der Waals surface area contributed by atoms with Crippen LogP contribution in [0.3, 0.4) is 0 Å². The van der Waals surface area contributed by atoms with Gasteiger partial charge in [-0.15, -0.1) is 0 Å². The Kier molecular flexibility index (Phi) is 11.2. The normalized spacial score (nSPS) is 11.7. The van der Waals surface area contributed by atoms with Gasteiger partial charge in [0.25, 0.3) is 10.0 Å². The maximum atomic E-state index is 14.5. The molecule has 0 heterocycles. The first kappa shape index (κ1) is 33.1. The van der Waals surface area contributed by atoms with E-state index >= 15 is 0 Å². The van der Waals surface area contributed by atoms with E-state index in [1.165, 1.54) is 31.3 Å². The van der Waals surface area contributed by atoms with Crippen LogP contribution in [0.4, 0.5) is 5.69 Å². The van der Waals surface area contributed by atoms with E-state index in [-0.39, 0.29) is 35.2 Å². The maximum absolute atomic E-state index is 14.5.